The van der Waals surface area contributed by atoms with Crippen molar-refractivity contribution >= 4 is 15.7 Å². The van der Waals surface area contributed by atoms with Crippen LogP contribution in [0.2, 0.25) is 0 Å². The van der Waals surface area contributed by atoms with E-state index in [1.807, 2.05) is 13.0 Å². The summed E-state index contributed by atoms with van der Waals surface area (Å²) in [5.41, 5.74) is 1.54. The van der Waals surface area contributed by atoms with Gasteiger partial charge in [0, 0.05) is 12.5 Å². The van der Waals surface area contributed by atoms with Gasteiger partial charge < -0.3 is 9.73 Å². The molecule has 0 aliphatic rings. The molecule has 0 fully saturated rings. The van der Waals surface area contributed by atoms with Crippen molar-refractivity contribution in [1.29, 1.82) is 0 Å². The normalized spacial score (nSPS) is 13.0. The van der Waals surface area contributed by atoms with Crippen LogP contribution in [0.5, 0.6) is 0 Å². The lowest BCUT2D eigenvalue weighted by molar-refractivity contribution is -0.123. The maximum absolute atomic E-state index is 13.2. The Morgan fingerprint density at radius 1 is 1.21 bits per heavy atom. The summed E-state index contributed by atoms with van der Waals surface area (Å²) in [5.74, 6) is -0.0895. The minimum atomic E-state index is -3.71. The summed E-state index contributed by atoms with van der Waals surface area (Å²) in [6.45, 7) is 7.10. The molecule has 0 saturated carbocycles. The highest BCUT2D eigenvalue weighted by molar-refractivity contribution is 7.91. The molecule has 1 atom stereocenters. The molecule has 0 bridgehead atoms. The van der Waals surface area contributed by atoms with Gasteiger partial charge in [-0.1, -0.05) is 26.0 Å². The standard InChI is InChI=1S/C18H23NO4S/c1-12(2)18(20)19-11-17(15-6-5-9-23-15)24(21,22)16-10-13(3)7-8-14(16)4/h5-10,12,17H,11H2,1-4H3,(H,19,20)/t17-/m0/s1. The fourth-order valence-electron chi connectivity index (χ4n) is 2.40. The van der Waals surface area contributed by atoms with Gasteiger partial charge in [-0.15, -0.1) is 0 Å². The molecule has 0 radical (unpaired) electrons. The van der Waals surface area contributed by atoms with Gasteiger partial charge in [-0.05, 0) is 43.2 Å². The number of sulfone groups is 1. The molecule has 24 heavy (non-hydrogen) atoms. The van der Waals surface area contributed by atoms with E-state index in [0.29, 0.717) is 11.3 Å². The van der Waals surface area contributed by atoms with Crippen molar-refractivity contribution in [3.63, 3.8) is 0 Å². The molecule has 5 nitrogen and oxygen atoms in total. The van der Waals surface area contributed by atoms with Crippen molar-refractivity contribution in [3.8, 4) is 0 Å². The number of benzene rings is 1. The quantitative estimate of drug-likeness (QED) is 0.869. The van der Waals surface area contributed by atoms with Gasteiger partial charge in [-0.2, -0.15) is 0 Å². The van der Waals surface area contributed by atoms with Crippen LogP contribution < -0.4 is 5.32 Å². The SMILES string of the molecule is Cc1ccc(C)c(S(=O)(=O)[C@@H](CNC(=O)C(C)C)c2ccco2)c1. The van der Waals surface area contributed by atoms with Crippen molar-refractivity contribution in [2.24, 2.45) is 5.92 Å². The van der Waals surface area contributed by atoms with Crippen LogP contribution in [0.25, 0.3) is 0 Å². The number of amides is 1. The highest BCUT2D eigenvalue weighted by atomic mass is 32.2. The fraction of sp³-hybridized carbons (Fsp3) is 0.389. The Bertz CT molecular complexity index is 808. The second kappa shape index (κ2) is 7.21. The van der Waals surface area contributed by atoms with Crippen LogP contribution in [0.1, 0.15) is 36.0 Å². The molecule has 1 amide bonds. The van der Waals surface area contributed by atoms with Gasteiger partial charge in [0.05, 0.1) is 11.2 Å². The van der Waals surface area contributed by atoms with Gasteiger partial charge in [0.1, 0.15) is 11.0 Å². The molecule has 130 valence electrons. The summed E-state index contributed by atoms with van der Waals surface area (Å²) in [4.78, 5) is 12.1. The maximum atomic E-state index is 13.2. The molecule has 1 heterocycles. The summed E-state index contributed by atoms with van der Waals surface area (Å²) >= 11 is 0. The minimum Gasteiger partial charge on any atom is -0.468 e. The number of aryl methyl sites for hydroxylation is 2. The molecule has 0 aliphatic heterocycles. The molecular weight excluding hydrogens is 326 g/mol. The number of hydrogen-bond acceptors (Lipinski definition) is 4. The van der Waals surface area contributed by atoms with Crippen LogP contribution in [0, 0.1) is 19.8 Å². The monoisotopic (exact) mass is 349 g/mol. The van der Waals surface area contributed by atoms with E-state index >= 15 is 0 Å². The summed E-state index contributed by atoms with van der Waals surface area (Å²) in [6, 6.07) is 8.58. The Labute approximate surface area is 143 Å². The van der Waals surface area contributed by atoms with Gasteiger partial charge in [0.2, 0.25) is 5.91 Å². The predicted octanol–water partition coefficient (Wildman–Crippen LogP) is 3.18. The summed E-state index contributed by atoms with van der Waals surface area (Å²) in [7, 11) is -3.71. The molecule has 1 N–H and O–H groups in total. The zero-order valence-electron chi connectivity index (χ0n) is 14.4. The van der Waals surface area contributed by atoms with E-state index in [9.17, 15) is 13.2 Å². The predicted molar refractivity (Wildman–Crippen MR) is 92.4 cm³/mol. The molecule has 0 aliphatic carbocycles. The van der Waals surface area contributed by atoms with Crippen molar-refractivity contribution in [3.05, 3.63) is 53.5 Å². The van der Waals surface area contributed by atoms with Gasteiger partial charge in [-0.3, -0.25) is 4.79 Å². The number of hydrogen-bond donors (Lipinski definition) is 1. The first-order valence-electron chi connectivity index (χ1n) is 7.85. The fourth-order valence-corrected chi connectivity index (χ4v) is 4.32. The Hall–Kier alpha value is -2.08. The Morgan fingerprint density at radius 2 is 1.92 bits per heavy atom. The van der Waals surface area contributed by atoms with Gasteiger partial charge in [0.25, 0.3) is 0 Å². The van der Waals surface area contributed by atoms with Crippen LogP contribution in [0.3, 0.4) is 0 Å². The second-order valence-corrected chi connectivity index (χ2v) is 8.32. The molecule has 0 unspecified atom stereocenters. The molecular formula is C18H23NO4S. The largest absolute Gasteiger partial charge is 0.468 e. The van der Waals surface area contributed by atoms with Crippen LogP contribution in [0.4, 0.5) is 0 Å². The number of carbonyl (C=O) groups is 1. The van der Waals surface area contributed by atoms with Crippen LogP contribution in [-0.2, 0) is 14.6 Å². The third-order valence-corrected chi connectivity index (χ3v) is 6.07. The first-order chi connectivity index (χ1) is 11.2. The Kier molecular flexibility index (Phi) is 5.49. The van der Waals surface area contributed by atoms with E-state index in [1.165, 1.54) is 6.26 Å². The van der Waals surface area contributed by atoms with E-state index in [0.717, 1.165) is 5.56 Å². The van der Waals surface area contributed by atoms with E-state index in [-0.39, 0.29) is 23.3 Å². The first-order valence-corrected chi connectivity index (χ1v) is 9.40. The van der Waals surface area contributed by atoms with Crippen molar-refractivity contribution in [2.75, 3.05) is 6.54 Å². The highest BCUT2D eigenvalue weighted by Gasteiger charge is 2.33. The zero-order chi connectivity index (χ0) is 17.9. The maximum Gasteiger partial charge on any atom is 0.222 e. The lowest BCUT2D eigenvalue weighted by Crippen LogP contribution is -2.34. The third kappa shape index (κ3) is 3.87. The van der Waals surface area contributed by atoms with Crippen molar-refractivity contribution in [2.45, 2.75) is 37.8 Å². The van der Waals surface area contributed by atoms with E-state index < -0.39 is 15.1 Å². The third-order valence-electron chi connectivity index (χ3n) is 3.87. The molecule has 1 aromatic heterocycles. The van der Waals surface area contributed by atoms with Gasteiger partial charge in [-0.25, -0.2) is 8.42 Å². The molecule has 2 rings (SSSR count). The Balaban J connectivity index is 2.42. The Morgan fingerprint density at radius 3 is 2.50 bits per heavy atom. The van der Waals surface area contributed by atoms with Crippen LogP contribution in [0.15, 0.2) is 45.9 Å². The average molecular weight is 349 g/mol. The second-order valence-electron chi connectivity index (χ2n) is 6.22. The molecule has 2 aromatic rings. The van der Waals surface area contributed by atoms with E-state index in [4.69, 9.17) is 4.42 Å². The molecule has 0 spiro atoms. The van der Waals surface area contributed by atoms with E-state index in [2.05, 4.69) is 5.32 Å². The summed E-state index contributed by atoms with van der Waals surface area (Å²) in [6.07, 6.45) is 1.44. The zero-order valence-corrected chi connectivity index (χ0v) is 15.2. The smallest absolute Gasteiger partial charge is 0.222 e. The highest BCUT2D eigenvalue weighted by Crippen LogP contribution is 2.31. The molecule has 1 aromatic carbocycles. The van der Waals surface area contributed by atoms with Crippen molar-refractivity contribution < 1.29 is 17.6 Å². The topological polar surface area (TPSA) is 76.4 Å². The number of furan rings is 1. The number of nitrogens with one attached hydrogen (secondary N) is 1. The van der Waals surface area contributed by atoms with Crippen molar-refractivity contribution in [1.82, 2.24) is 5.32 Å². The first kappa shape index (κ1) is 18.3. The lowest BCUT2D eigenvalue weighted by Gasteiger charge is -2.19. The average Bonchev–Trinajstić information content (AvgIpc) is 3.03. The van der Waals surface area contributed by atoms with E-state index in [1.54, 1.807) is 45.0 Å². The molecule has 6 heteroatoms. The number of rotatable bonds is 6. The summed E-state index contributed by atoms with van der Waals surface area (Å²) in [5, 5.41) is 1.74. The summed E-state index contributed by atoms with van der Waals surface area (Å²) < 4.78 is 31.7. The van der Waals surface area contributed by atoms with Crippen LogP contribution >= 0.6 is 0 Å². The van der Waals surface area contributed by atoms with Gasteiger partial charge >= 0.3 is 0 Å². The number of carbonyl (C=O) groups excluding carboxylic acids is 1. The lowest BCUT2D eigenvalue weighted by atomic mass is 10.2. The minimum absolute atomic E-state index is 0.0275. The van der Waals surface area contributed by atoms with Crippen LogP contribution in [-0.4, -0.2) is 20.9 Å². The van der Waals surface area contributed by atoms with Gasteiger partial charge in [0.15, 0.2) is 9.84 Å². The molecule has 0 saturated heterocycles.